The number of anilines is 1. The van der Waals surface area contributed by atoms with E-state index in [2.05, 4.69) is 9.97 Å². The van der Waals surface area contributed by atoms with Gasteiger partial charge in [-0.25, -0.2) is 18.4 Å². The Labute approximate surface area is 87.1 Å². The molecule has 78 valence electrons. The summed E-state index contributed by atoms with van der Waals surface area (Å²) >= 11 is 1.35. The monoisotopic (exact) mass is 233 g/mol. The van der Waals surface area contributed by atoms with Crippen molar-refractivity contribution in [1.82, 2.24) is 9.97 Å². The molecule has 1 aromatic heterocycles. The molecule has 2 N–H and O–H groups in total. The van der Waals surface area contributed by atoms with Gasteiger partial charge in [-0.2, -0.15) is 0 Å². The molecule has 0 bridgehead atoms. The smallest absolute Gasteiger partial charge is 0.221 e. The minimum atomic E-state index is -2.90. The first-order valence-corrected chi connectivity index (χ1v) is 6.91. The van der Waals surface area contributed by atoms with Crippen molar-refractivity contribution < 1.29 is 8.42 Å². The van der Waals surface area contributed by atoms with Crippen LogP contribution in [0.3, 0.4) is 0 Å². The number of nitrogens with zero attached hydrogens (tertiary/aromatic N) is 2. The van der Waals surface area contributed by atoms with Crippen LogP contribution in [0.5, 0.6) is 0 Å². The second-order valence-electron chi connectivity index (χ2n) is 2.73. The molecule has 0 unspecified atom stereocenters. The van der Waals surface area contributed by atoms with E-state index in [1.54, 1.807) is 12.3 Å². The minimum absolute atomic E-state index is 0.140. The Bertz CT molecular complexity index is 405. The molecule has 1 rings (SSSR count). The van der Waals surface area contributed by atoms with Crippen LogP contribution in [-0.2, 0) is 9.84 Å². The van der Waals surface area contributed by atoms with Gasteiger partial charge in [-0.3, -0.25) is 0 Å². The summed E-state index contributed by atoms with van der Waals surface area (Å²) in [5.41, 5.74) is 5.36. The van der Waals surface area contributed by atoms with E-state index in [4.69, 9.17) is 5.73 Å². The van der Waals surface area contributed by atoms with Crippen LogP contribution in [0, 0.1) is 0 Å². The van der Waals surface area contributed by atoms with E-state index in [9.17, 15) is 8.42 Å². The summed E-state index contributed by atoms with van der Waals surface area (Å²) in [6.07, 6.45) is 2.76. The van der Waals surface area contributed by atoms with Crippen LogP contribution >= 0.6 is 11.8 Å². The van der Waals surface area contributed by atoms with Crippen molar-refractivity contribution in [3.05, 3.63) is 12.3 Å². The standard InChI is InChI=1S/C7H11N3O2S2/c1-14(11,12)5-4-13-6-2-3-9-7(8)10-6/h2-3H,4-5H2,1H3,(H2,8,9,10). The summed E-state index contributed by atoms with van der Waals surface area (Å²) in [6, 6.07) is 1.70. The summed E-state index contributed by atoms with van der Waals surface area (Å²) in [6.45, 7) is 0. The van der Waals surface area contributed by atoms with Crippen molar-refractivity contribution in [3.8, 4) is 0 Å². The zero-order chi connectivity index (χ0) is 10.6. The first kappa shape index (κ1) is 11.3. The van der Waals surface area contributed by atoms with Crippen LogP contribution in [0.15, 0.2) is 17.3 Å². The summed E-state index contributed by atoms with van der Waals surface area (Å²) in [5.74, 6) is 0.825. The molecule has 0 aromatic carbocycles. The first-order valence-electron chi connectivity index (χ1n) is 3.86. The van der Waals surface area contributed by atoms with Crippen molar-refractivity contribution in [2.45, 2.75) is 5.03 Å². The van der Waals surface area contributed by atoms with Crippen LogP contribution in [0.2, 0.25) is 0 Å². The average Bonchev–Trinajstić information content (AvgIpc) is 2.01. The Hall–Kier alpha value is -0.820. The maximum Gasteiger partial charge on any atom is 0.221 e. The molecule has 0 aliphatic rings. The quantitative estimate of drug-likeness (QED) is 0.590. The highest BCUT2D eigenvalue weighted by atomic mass is 32.2. The van der Waals surface area contributed by atoms with Crippen LogP contribution in [0.25, 0.3) is 0 Å². The van der Waals surface area contributed by atoms with Gasteiger partial charge >= 0.3 is 0 Å². The van der Waals surface area contributed by atoms with E-state index >= 15 is 0 Å². The van der Waals surface area contributed by atoms with Crippen LogP contribution < -0.4 is 5.73 Å². The lowest BCUT2D eigenvalue weighted by atomic mass is 10.7. The van der Waals surface area contributed by atoms with Crippen LogP contribution in [0.1, 0.15) is 0 Å². The largest absolute Gasteiger partial charge is 0.368 e. The Kier molecular flexibility index (Phi) is 3.70. The molecule has 0 saturated carbocycles. The molecule has 1 heterocycles. The molecule has 0 aliphatic heterocycles. The number of nitrogen functional groups attached to an aromatic ring is 1. The van der Waals surface area contributed by atoms with Gasteiger partial charge in [-0.05, 0) is 6.07 Å². The topological polar surface area (TPSA) is 85.9 Å². The van der Waals surface area contributed by atoms with Gasteiger partial charge in [0.1, 0.15) is 14.9 Å². The van der Waals surface area contributed by atoms with Crippen LogP contribution in [-0.4, -0.2) is 36.1 Å². The predicted octanol–water partition coefficient (Wildman–Crippen LogP) is 0.195. The molecule has 0 amide bonds. The molecule has 14 heavy (non-hydrogen) atoms. The lowest BCUT2D eigenvalue weighted by Crippen LogP contribution is -2.05. The van der Waals surface area contributed by atoms with E-state index in [0.29, 0.717) is 10.8 Å². The van der Waals surface area contributed by atoms with Crippen molar-refractivity contribution in [2.24, 2.45) is 0 Å². The molecule has 0 aliphatic carbocycles. The maximum absolute atomic E-state index is 10.8. The Morgan fingerprint density at radius 2 is 2.29 bits per heavy atom. The Balaban J connectivity index is 2.47. The number of nitrogens with two attached hydrogens (primary N) is 1. The molecule has 5 nitrogen and oxygen atoms in total. The molecule has 0 radical (unpaired) electrons. The second kappa shape index (κ2) is 4.61. The molecule has 1 aromatic rings. The zero-order valence-electron chi connectivity index (χ0n) is 7.67. The second-order valence-corrected chi connectivity index (χ2v) is 6.11. The average molecular weight is 233 g/mol. The maximum atomic E-state index is 10.8. The Morgan fingerprint density at radius 1 is 1.57 bits per heavy atom. The van der Waals surface area contributed by atoms with E-state index < -0.39 is 9.84 Å². The highest BCUT2D eigenvalue weighted by Gasteiger charge is 2.03. The fraction of sp³-hybridized carbons (Fsp3) is 0.429. The van der Waals surface area contributed by atoms with Gasteiger partial charge in [0.2, 0.25) is 5.95 Å². The number of hydrogen-bond donors (Lipinski definition) is 1. The van der Waals surface area contributed by atoms with Gasteiger partial charge in [0.25, 0.3) is 0 Å². The third-order valence-corrected chi connectivity index (χ3v) is 3.49. The lowest BCUT2D eigenvalue weighted by Gasteiger charge is -1.99. The van der Waals surface area contributed by atoms with Gasteiger partial charge in [0, 0.05) is 18.2 Å². The highest BCUT2D eigenvalue weighted by Crippen LogP contribution is 2.14. The molecular weight excluding hydrogens is 222 g/mol. The molecule has 0 atom stereocenters. The molecule has 0 spiro atoms. The normalized spacial score (nSPS) is 11.5. The Morgan fingerprint density at radius 3 is 2.86 bits per heavy atom. The first-order chi connectivity index (χ1) is 6.47. The number of hydrogen-bond acceptors (Lipinski definition) is 6. The summed E-state index contributed by atoms with van der Waals surface area (Å²) in [7, 11) is -2.90. The van der Waals surface area contributed by atoms with Gasteiger partial charge < -0.3 is 5.73 Å². The van der Waals surface area contributed by atoms with Crippen molar-refractivity contribution in [3.63, 3.8) is 0 Å². The highest BCUT2D eigenvalue weighted by molar-refractivity contribution is 8.00. The third kappa shape index (κ3) is 4.43. The fourth-order valence-corrected chi connectivity index (χ4v) is 2.80. The molecule has 7 heteroatoms. The number of rotatable bonds is 4. The van der Waals surface area contributed by atoms with Crippen LogP contribution in [0.4, 0.5) is 5.95 Å². The SMILES string of the molecule is CS(=O)(=O)CCSc1ccnc(N)n1. The number of thioether (sulfide) groups is 1. The van der Waals surface area contributed by atoms with E-state index in [0.717, 1.165) is 0 Å². The van der Waals surface area contributed by atoms with Crippen molar-refractivity contribution >= 4 is 27.5 Å². The lowest BCUT2D eigenvalue weighted by molar-refractivity contribution is 0.603. The summed E-state index contributed by atoms with van der Waals surface area (Å²) < 4.78 is 21.6. The molecule has 0 fully saturated rings. The minimum Gasteiger partial charge on any atom is -0.368 e. The van der Waals surface area contributed by atoms with E-state index in [-0.39, 0.29) is 11.7 Å². The van der Waals surface area contributed by atoms with Crippen molar-refractivity contribution in [2.75, 3.05) is 23.5 Å². The van der Waals surface area contributed by atoms with Crippen molar-refractivity contribution in [1.29, 1.82) is 0 Å². The molecular formula is C7H11N3O2S2. The summed E-state index contributed by atoms with van der Waals surface area (Å²) in [4.78, 5) is 7.66. The van der Waals surface area contributed by atoms with E-state index in [1.807, 2.05) is 0 Å². The van der Waals surface area contributed by atoms with Gasteiger partial charge in [-0.15, -0.1) is 11.8 Å². The zero-order valence-corrected chi connectivity index (χ0v) is 9.31. The molecule has 0 saturated heterocycles. The number of sulfone groups is 1. The van der Waals surface area contributed by atoms with Gasteiger partial charge in [0.05, 0.1) is 5.75 Å². The third-order valence-electron chi connectivity index (χ3n) is 1.35. The fourth-order valence-electron chi connectivity index (χ4n) is 0.734. The van der Waals surface area contributed by atoms with Gasteiger partial charge in [-0.1, -0.05) is 0 Å². The summed E-state index contributed by atoms with van der Waals surface area (Å²) in [5, 5.41) is 0.696. The van der Waals surface area contributed by atoms with E-state index in [1.165, 1.54) is 18.0 Å². The number of aromatic nitrogens is 2. The van der Waals surface area contributed by atoms with Gasteiger partial charge in [0.15, 0.2) is 0 Å². The predicted molar refractivity (Wildman–Crippen MR) is 56.9 cm³/mol.